The van der Waals surface area contributed by atoms with Crippen molar-refractivity contribution in [2.75, 3.05) is 7.05 Å². The summed E-state index contributed by atoms with van der Waals surface area (Å²) in [5.41, 5.74) is 0.695. The Bertz CT molecular complexity index is 491. The third-order valence-corrected chi connectivity index (χ3v) is 5.23. The average molecular weight is 286 g/mol. The molecular formula is C15H18ClF2N. The van der Waals surface area contributed by atoms with E-state index in [9.17, 15) is 8.78 Å². The molecule has 0 saturated heterocycles. The third kappa shape index (κ3) is 2.27. The van der Waals surface area contributed by atoms with Crippen LogP contribution in [-0.4, -0.2) is 7.05 Å². The maximum Gasteiger partial charge on any atom is 0.160 e. The molecule has 1 aromatic carbocycles. The Morgan fingerprint density at radius 2 is 1.95 bits per heavy atom. The summed E-state index contributed by atoms with van der Waals surface area (Å²) >= 11 is 6.11. The van der Waals surface area contributed by atoms with Crippen molar-refractivity contribution in [3.8, 4) is 0 Å². The summed E-state index contributed by atoms with van der Waals surface area (Å²) in [6.07, 6.45) is 5.04. The molecule has 1 N–H and O–H groups in total. The minimum Gasteiger partial charge on any atom is -0.313 e. The Kier molecular flexibility index (Phi) is 3.52. The highest BCUT2D eigenvalue weighted by atomic mass is 35.5. The van der Waals surface area contributed by atoms with E-state index in [2.05, 4.69) is 5.32 Å². The molecule has 104 valence electrons. The van der Waals surface area contributed by atoms with E-state index < -0.39 is 11.6 Å². The van der Waals surface area contributed by atoms with Gasteiger partial charge < -0.3 is 5.32 Å². The first-order valence-electron chi connectivity index (χ1n) is 6.92. The molecule has 3 rings (SSSR count). The molecule has 2 aliphatic carbocycles. The van der Waals surface area contributed by atoms with E-state index in [1.807, 2.05) is 7.05 Å². The van der Waals surface area contributed by atoms with Gasteiger partial charge in [0.1, 0.15) is 0 Å². The second-order valence-corrected chi connectivity index (χ2v) is 6.30. The molecule has 2 aliphatic rings. The summed E-state index contributed by atoms with van der Waals surface area (Å²) in [5.74, 6) is 0.312. The second kappa shape index (κ2) is 5.02. The first-order valence-corrected chi connectivity index (χ1v) is 7.29. The summed E-state index contributed by atoms with van der Waals surface area (Å²) in [6.45, 7) is 0. The number of nitrogens with one attached hydrogen (secondary N) is 1. The van der Waals surface area contributed by atoms with Crippen molar-refractivity contribution in [3.05, 3.63) is 34.4 Å². The lowest BCUT2D eigenvalue weighted by Crippen LogP contribution is -2.29. The van der Waals surface area contributed by atoms with Crippen molar-refractivity contribution in [2.24, 2.45) is 17.8 Å². The molecule has 0 spiro atoms. The van der Waals surface area contributed by atoms with Crippen LogP contribution in [0.2, 0.25) is 5.02 Å². The van der Waals surface area contributed by atoms with E-state index in [4.69, 9.17) is 11.6 Å². The minimum absolute atomic E-state index is 0.0258. The van der Waals surface area contributed by atoms with Gasteiger partial charge in [0.05, 0.1) is 0 Å². The molecule has 0 radical (unpaired) electrons. The molecule has 2 bridgehead atoms. The van der Waals surface area contributed by atoms with E-state index in [1.54, 1.807) is 0 Å². The quantitative estimate of drug-likeness (QED) is 0.816. The van der Waals surface area contributed by atoms with Gasteiger partial charge in [-0.1, -0.05) is 18.0 Å². The number of hydrogen-bond donors (Lipinski definition) is 1. The predicted octanol–water partition coefficient (Wildman–Crippen LogP) is 4.31. The second-order valence-electron chi connectivity index (χ2n) is 5.89. The molecule has 0 heterocycles. The fourth-order valence-electron chi connectivity index (χ4n) is 4.08. The topological polar surface area (TPSA) is 12.0 Å². The van der Waals surface area contributed by atoms with Crippen molar-refractivity contribution in [2.45, 2.75) is 31.7 Å². The van der Waals surface area contributed by atoms with E-state index >= 15 is 0 Å². The fourth-order valence-corrected chi connectivity index (χ4v) is 4.35. The number of halogens is 3. The van der Waals surface area contributed by atoms with E-state index in [0.717, 1.165) is 12.0 Å². The van der Waals surface area contributed by atoms with Gasteiger partial charge in [-0.05, 0) is 61.8 Å². The summed E-state index contributed by atoms with van der Waals surface area (Å²) in [4.78, 5) is 0. The monoisotopic (exact) mass is 285 g/mol. The number of benzene rings is 1. The van der Waals surface area contributed by atoms with Gasteiger partial charge in [-0.25, -0.2) is 8.78 Å². The highest BCUT2D eigenvalue weighted by Gasteiger charge is 2.43. The molecule has 0 aliphatic heterocycles. The van der Waals surface area contributed by atoms with E-state index in [1.165, 1.54) is 31.7 Å². The van der Waals surface area contributed by atoms with Crippen LogP contribution in [0.15, 0.2) is 12.1 Å². The maximum atomic E-state index is 13.5. The molecule has 4 atom stereocenters. The van der Waals surface area contributed by atoms with Gasteiger partial charge in [0.25, 0.3) is 0 Å². The summed E-state index contributed by atoms with van der Waals surface area (Å²) in [5, 5.41) is 3.58. The number of fused-ring (bicyclic) bond motifs is 2. The van der Waals surface area contributed by atoms with Crippen LogP contribution in [0.5, 0.6) is 0 Å². The zero-order valence-corrected chi connectivity index (χ0v) is 11.7. The molecule has 0 amide bonds. The summed E-state index contributed by atoms with van der Waals surface area (Å²) < 4.78 is 26.6. The Morgan fingerprint density at radius 1 is 1.21 bits per heavy atom. The molecular weight excluding hydrogens is 268 g/mol. The van der Waals surface area contributed by atoms with Crippen LogP contribution in [0, 0.1) is 29.4 Å². The lowest BCUT2D eigenvalue weighted by atomic mass is 9.80. The first-order chi connectivity index (χ1) is 9.10. The fraction of sp³-hybridized carbons (Fsp3) is 0.600. The van der Waals surface area contributed by atoms with Gasteiger partial charge in [-0.3, -0.25) is 0 Å². The molecule has 4 unspecified atom stereocenters. The third-order valence-electron chi connectivity index (χ3n) is 4.91. The van der Waals surface area contributed by atoms with Gasteiger partial charge in [-0.2, -0.15) is 0 Å². The Hall–Kier alpha value is -0.670. The SMILES string of the molecule is CNC(c1cc(F)c(F)cc1Cl)C1CC2CCC1C2. The number of rotatable bonds is 3. The van der Waals surface area contributed by atoms with Crippen LogP contribution in [-0.2, 0) is 0 Å². The Balaban J connectivity index is 1.92. The summed E-state index contributed by atoms with van der Waals surface area (Å²) in [6, 6.07) is 2.37. The minimum atomic E-state index is -0.878. The van der Waals surface area contributed by atoms with Crippen LogP contribution in [0.1, 0.15) is 37.3 Å². The largest absolute Gasteiger partial charge is 0.313 e. The van der Waals surface area contributed by atoms with Crippen LogP contribution >= 0.6 is 11.6 Å². The lowest BCUT2D eigenvalue weighted by molar-refractivity contribution is 0.259. The highest BCUT2D eigenvalue weighted by molar-refractivity contribution is 6.31. The van der Waals surface area contributed by atoms with Crippen molar-refractivity contribution in [3.63, 3.8) is 0 Å². The zero-order valence-electron chi connectivity index (χ0n) is 10.9. The molecule has 4 heteroatoms. The van der Waals surface area contributed by atoms with E-state index in [0.29, 0.717) is 22.4 Å². The van der Waals surface area contributed by atoms with Gasteiger partial charge in [0.15, 0.2) is 11.6 Å². The Morgan fingerprint density at radius 3 is 2.53 bits per heavy atom. The van der Waals surface area contributed by atoms with Gasteiger partial charge >= 0.3 is 0 Å². The molecule has 1 aromatic rings. The maximum absolute atomic E-state index is 13.5. The van der Waals surface area contributed by atoms with Crippen molar-refractivity contribution < 1.29 is 8.78 Å². The van der Waals surface area contributed by atoms with Gasteiger partial charge in [0.2, 0.25) is 0 Å². The molecule has 0 aromatic heterocycles. The standard InChI is InChI=1S/C15H18ClF2N/c1-19-15(10-5-8-2-3-9(10)4-8)11-6-13(17)14(18)7-12(11)16/h6-10,15,19H,2-5H2,1H3. The van der Waals surface area contributed by atoms with E-state index in [-0.39, 0.29) is 6.04 Å². The van der Waals surface area contributed by atoms with Crippen LogP contribution in [0.4, 0.5) is 8.78 Å². The van der Waals surface area contributed by atoms with Crippen LogP contribution < -0.4 is 5.32 Å². The van der Waals surface area contributed by atoms with Crippen molar-refractivity contribution >= 4 is 11.6 Å². The molecule has 19 heavy (non-hydrogen) atoms. The lowest BCUT2D eigenvalue weighted by Gasteiger charge is -2.31. The molecule has 2 saturated carbocycles. The highest BCUT2D eigenvalue weighted by Crippen LogP contribution is 2.53. The zero-order chi connectivity index (χ0) is 13.6. The van der Waals surface area contributed by atoms with Crippen molar-refractivity contribution in [1.29, 1.82) is 0 Å². The van der Waals surface area contributed by atoms with Crippen LogP contribution in [0.3, 0.4) is 0 Å². The summed E-state index contributed by atoms with van der Waals surface area (Å²) in [7, 11) is 1.87. The smallest absolute Gasteiger partial charge is 0.160 e. The first kappa shape index (κ1) is 13.3. The average Bonchev–Trinajstić information content (AvgIpc) is 2.99. The van der Waals surface area contributed by atoms with Gasteiger partial charge in [-0.15, -0.1) is 0 Å². The predicted molar refractivity (Wildman–Crippen MR) is 72.1 cm³/mol. The normalized spacial score (nSPS) is 30.8. The molecule has 2 fully saturated rings. The Labute approximate surface area is 117 Å². The molecule has 1 nitrogen and oxygen atoms in total. The number of hydrogen-bond acceptors (Lipinski definition) is 1. The van der Waals surface area contributed by atoms with Crippen LogP contribution in [0.25, 0.3) is 0 Å². The van der Waals surface area contributed by atoms with Gasteiger partial charge in [0, 0.05) is 11.1 Å². The van der Waals surface area contributed by atoms with Crippen molar-refractivity contribution in [1.82, 2.24) is 5.32 Å².